The lowest BCUT2D eigenvalue weighted by atomic mass is 10.1. The van der Waals surface area contributed by atoms with Gasteiger partial charge in [-0.25, -0.2) is 4.79 Å². The molecule has 0 aliphatic carbocycles. The van der Waals surface area contributed by atoms with Crippen molar-refractivity contribution in [3.63, 3.8) is 0 Å². The Morgan fingerprint density at radius 2 is 1.87 bits per heavy atom. The number of benzene rings is 2. The maximum absolute atomic E-state index is 12.3. The van der Waals surface area contributed by atoms with Gasteiger partial charge < -0.3 is 15.4 Å². The highest BCUT2D eigenvalue weighted by Crippen LogP contribution is 2.22. The van der Waals surface area contributed by atoms with Crippen LogP contribution >= 0.6 is 0 Å². The van der Waals surface area contributed by atoms with Gasteiger partial charge in [0.2, 0.25) is 0 Å². The Balaban J connectivity index is 1.27. The first-order valence-electron chi connectivity index (χ1n) is 10.5. The third-order valence-electron chi connectivity index (χ3n) is 5.64. The van der Waals surface area contributed by atoms with Gasteiger partial charge in [0, 0.05) is 42.9 Å². The molecule has 1 unspecified atom stereocenters. The molecule has 0 radical (unpaired) electrons. The van der Waals surface area contributed by atoms with Crippen LogP contribution in [0.5, 0.6) is 0 Å². The molecule has 156 valence electrons. The van der Waals surface area contributed by atoms with Crippen LogP contribution in [-0.4, -0.2) is 48.8 Å². The number of urea groups is 1. The van der Waals surface area contributed by atoms with Crippen LogP contribution in [0.4, 0.5) is 10.5 Å². The summed E-state index contributed by atoms with van der Waals surface area (Å²) in [5.41, 5.74) is 4.16. The summed E-state index contributed by atoms with van der Waals surface area (Å²) < 4.78 is 5.43. The second-order valence-corrected chi connectivity index (χ2v) is 7.57. The fourth-order valence-electron chi connectivity index (χ4n) is 3.88. The minimum absolute atomic E-state index is 0.197. The number of morpholine rings is 1. The number of carbonyl (C=O) groups is 1. The number of rotatable bonds is 6. The third-order valence-corrected chi connectivity index (χ3v) is 5.64. The standard InChI is InChI=1S/C24H28N4O2/c1-18(28-14-16-30-17-15-28)19-7-9-22(10-8-19)27-24(29)26-13-11-21-5-2-4-20-6-3-12-25-23(20)21/h2-10,12,18H,11,13-17H2,1H3,(H2,26,27,29). The average Bonchev–Trinajstić information content (AvgIpc) is 2.80. The lowest BCUT2D eigenvalue weighted by molar-refractivity contribution is 0.0198. The van der Waals surface area contributed by atoms with Crippen LogP contribution in [0.15, 0.2) is 60.8 Å². The summed E-state index contributed by atoms with van der Waals surface area (Å²) in [4.78, 5) is 19.2. The van der Waals surface area contributed by atoms with Crippen LogP contribution in [0.1, 0.15) is 24.1 Å². The maximum Gasteiger partial charge on any atom is 0.319 e. The van der Waals surface area contributed by atoms with Crippen molar-refractivity contribution in [1.82, 2.24) is 15.2 Å². The van der Waals surface area contributed by atoms with Crippen molar-refractivity contribution in [2.75, 3.05) is 38.2 Å². The van der Waals surface area contributed by atoms with Gasteiger partial charge in [-0.2, -0.15) is 0 Å². The fourth-order valence-corrected chi connectivity index (χ4v) is 3.88. The van der Waals surface area contributed by atoms with Crippen LogP contribution in [0, 0.1) is 0 Å². The van der Waals surface area contributed by atoms with Gasteiger partial charge in [-0.15, -0.1) is 0 Å². The average molecular weight is 405 g/mol. The lowest BCUT2D eigenvalue weighted by Gasteiger charge is -2.32. The van der Waals surface area contributed by atoms with E-state index in [2.05, 4.69) is 57.8 Å². The second-order valence-electron chi connectivity index (χ2n) is 7.57. The summed E-state index contributed by atoms with van der Waals surface area (Å²) in [6.45, 7) is 6.25. The second kappa shape index (κ2) is 9.69. The van der Waals surface area contributed by atoms with Crippen LogP contribution in [0.3, 0.4) is 0 Å². The van der Waals surface area contributed by atoms with E-state index in [1.54, 1.807) is 6.20 Å². The summed E-state index contributed by atoms with van der Waals surface area (Å²) in [5, 5.41) is 6.96. The molecule has 0 bridgehead atoms. The van der Waals surface area contributed by atoms with E-state index in [0.717, 1.165) is 54.9 Å². The van der Waals surface area contributed by atoms with E-state index >= 15 is 0 Å². The van der Waals surface area contributed by atoms with Gasteiger partial charge in [0.25, 0.3) is 0 Å². The Labute approximate surface area is 177 Å². The first kappa shape index (κ1) is 20.3. The van der Waals surface area contributed by atoms with E-state index in [9.17, 15) is 4.79 Å². The smallest absolute Gasteiger partial charge is 0.319 e. The molecule has 1 saturated heterocycles. The molecule has 30 heavy (non-hydrogen) atoms. The van der Waals surface area contributed by atoms with Gasteiger partial charge in [0.1, 0.15) is 0 Å². The Morgan fingerprint density at radius 3 is 2.67 bits per heavy atom. The number of pyridine rings is 1. The Bertz CT molecular complexity index is 979. The zero-order valence-corrected chi connectivity index (χ0v) is 17.3. The normalized spacial score (nSPS) is 15.6. The molecule has 0 saturated carbocycles. The number of hydrogen-bond donors (Lipinski definition) is 2. The third kappa shape index (κ3) is 4.96. The van der Waals surface area contributed by atoms with E-state index in [0.29, 0.717) is 12.6 Å². The molecule has 3 aromatic rings. The summed E-state index contributed by atoms with van der Waals surface area (Å²) >= 11 is 0. The molecular weight excluding hydrogens is 376 g/mol. The molecule has 1 aliphatic heterocycles. The number of amides is 2. The zero-order chi connectivity index (χ0) is 20.8. The molecule has 4 rings (SSSR count). The van der Waals surface area contributed by atoms with E-state index in [4.69, 9.17) is 4.74 Å². The van der Waals surface area contributed by atoms with Gasteiger partial charge in [-0.3, -0.25) is 9.88 Å². The molecule has 2 N–H and O–H groups in total. The minimum atomic E-state index is -0.197. The first-order valence-corrected chi connectivity index (χ1v) is 10.5. The minimum Gasteiger partial charge on any atom is -0.379 e. The zero-order valence-electron chi connectivity index (χ0n) is 17.3. The largest absolute Gasteiger partial charge is 0.379 e. The molecule has 1 atom stereocenters. The number of ether oxygens (including phenoxy) is 1. The quantitative estimate of drug-likeness (QED) is 0.652. The summed E-state index contributed by atoms with van der Waals surface area (Å²) in [6, 6.07) is 18.3. The number of anilines is 1. The molecular formula is C24H28N4O2. The van der Waals surface area contributed by atoms with Crippen molar-refractivity contribution < 1.29 is 9.53 Å². The number of carbonyl (C=O) groups excluding carboxylic acids is 1. The number of nitrogens with one attached hydrogen (secondary N) is 2. The first-order chi connectivity index (χ1) is 14.7. The number of hydrogen-bond acceptors (Lipinski definition) is 4. The molecule has 6 heteroatoms. The molecule has 2 amide bonds. The molecule has 0 spiro atoms. The number of nitrogens with zero attached hydrogens (tertiary/aromatic N) is 2. The van der Waals surface area contributed by atoms with Gasteiger partial charge in [0.15, 0.2) is 0 Å². The Morgan fingerprint density at radius 1 is 1.10 bits per heavy atom. The van der Waals surface area contributed by atoms with Gasteiger partial charge in [-0.1, -0.05) is 36.4 Å². The predicted octanol–water partition coefficient (Wildman–Crippen LogP) is 3.99. The van der Waals surface area contributed by atoms with Crippen molar-refractivity contribution in [2.45, 2.75) is 19.4 Å². The van der Waals surface area contributed by atoms with Crippen molar-refractivity contribution in [2.24, 2.45) is 0 Å². The Hall–Kier alpha value is -2.96. The highest BCUT2D eigenvalue weighted by Gasteiger charge is 2.18. The summed E-state index contributed by atoms with van der Waals surface area (Å²) in [6.07, 6.45) is 2.54. The van der Waals surface area contributed by atoms with Crippen molar-refractivity contribution in [1.29, 1.82) is 0 Å². The van der Waals surface area contributed by atoms with E-state index < -0.39 is 0 Å². The maximum atomic E-state index is 12.3. The van der Waals surface area contributed by atoms with E-state index in [1.165, 1.54) is 5.56 Å². The Kier molecular flexibility index (Phi) is 6.57. The predicted molar refractivity (Wildman–Crippen MR) is 120 cm³/mol. The molecule has 1 aromatic heterocycles. The van der Waals surface area contributed by atoms with E-state index in [1.807, 2.05) is 24.3 Å². The molecule has 1 fully saturated rings. The number of para-hydroxylation sites is 1. The van der Waals surface area contributed by atoms with E-state index in [-0.39, 0.29) is 6.03 Å². The topological polar surface area (TPSA) is 66.5 Å². The van der Waals surface area contributed by atoms with Crippen molar-refractivity contribution in [3.05, 3.63) is 71.9 Å². The molecule has 2 aromatic carbocycles. The van der Waals surface area contributed by atoms with Crippen LogP contribution in [0.25, 0.3) is 10.9 Å². The van der Waals surface area contributed by atoms with Crippen molar-refractivity contribution >= 4 is 22.6 Å². The molecule has 2 heterocycles. The van der Waals surface area contributed by atoms with Crippen LogP contribution in [-0.2, 0) is 11.2 Å². The highest BCUT2D eigenvalue weighted by atomic mass is 16.5. The van der Waals surface area contributed by atoms with Gasteiger partial charge in [-0.05, 0) is 42.7 Å². The molecule has 1 aliphatic rings. The van der Waals surface area contributed by atoms with Crippen molar-refractivity contribution in [3.8, 4) is 0 Å². The van der Waals surface area contributed by atoms with Crippen LogP contribution < -0.4 is 10.6 Å². The number of fused-ring (bicyclic) bond motifs is 1. The summed E-state index contributed by atoms with van der Waals surface area (Å²) in [7, 11) is 0. The lowest BCUT2D eigenvalue weighted by Crippen LogP contribution is -2.38. The van der Waals surface area contributed by atoms with Crippen LogP contribution in [0.2, 0.25) is 0 Å². The fraction of sp³-hybridized carbons (Fsp3) is 0.333. The van der Waals surface area contributed by atoms with Gasteiger partial charge >= 0.3 is 6.03 Å². The van der Waals surface area contributed by atoms with Gasteiger partial charge in [0.05, 0.1) is 18.7 Å². The SMILES string of the molecule is CC(c1ccc(NC(=O)NCCc2cccc3cccnc23)cc1)N1CCOCC1. The molecule has 6 nitrogen and oxygen atoms in total. The highest BCUT2D eigenvalue weighted by molar-refractivity contribution is 5.89. The number of aromatic nitrogens is 1. The summed E-state index contributed by atoms with van der Waals surface area (Å²) in [5.74, 6) is 0. The monoisotopic (exact) mass is 404 g/mol.